The summed E-state index contributed by atoms with van der Waals surface area (Å²) in [5.74, 6) is -0.493. The van der Waals surface area contributed by atoms with Gasteiger partial charge in [-0.3, -0.25) is 4.79 Å². The van der Waals surface area contributed by atoms with Crippen LogP contribution < -0.4 is 0 Å². The number of pyridine rings is 1. The van der Waals surface area contributed by atoms with Gasteiger partial charge in [-0.05, 0) is 19.1 Å². The van der Waals surface area contributed by atoms with Crippen LogP contribution >= 0.6 is 11.6 Å². The minimum atomic E-state index is -4.45. The van der Waals surface area contributed by atoms with Crippen LogP contribution in [0.4, 0.5) is 13.2 Å². The van der Waals surface area contributed by atoms with Crippen molar-refractivity contribution in [1.82, 2.24) is 14.8 Å². The summed E-state index contributed by atoms with van der Waals surface area (Å²) < 4.78 is 39.4. The van der Waals surface area contributed by atoms with Crippen LogP contribution in [-0.4, -0.2) is 20.5 Å². The zero-order valence-electron chi connectivity index (χ0n) is 12.4. The monoisotopic (exact) mass is 353 g/mol. The van der Waals surface area contributed by atoms with Gasteiger partial charge in [0, 0.05) is 18.3 Å². The fraction of sp³-hybridized carbons (Fsp3) is 0.188. The number of benzene rings is 1. The lowest BCUT2D eigenvalue weighted by Crippen LogP contribution is -2.07. The van der Waals surface area contributed by atoms with E-state index in [0.29, 0.717) is 17.6 Å². The van der Waals surface area contributed by atoms with Gasteiger partial charge in [0.15, 0.2) is 11.4 Å². The van der Waals surface area contributed by atoms with Crippen molar-refractivity contribution in [3.63, 3.8) is 0 Å². The van der Waals surface area contributed by atoms with Gasteiger partial charge >= 0.3 is 6.18 Å². The molecule has 24 heavy (non-hydrogen) atoms. The minimum Gasteiger partial charge on any atom is -0.288 e. The van der Waals surface area contributed by atoms with Crippen LogP contribution in [0.2, 0.25) is 5.02 Å². The Hall–Kier alpha value is -2.41. The van der Waals surface area contributed by atoms with Crippen molar-refractivity contribution in [1.29, 1.82) is 0 Å². The van der Waals surface area contributed by atoms with E-state index in [-0.39, 0.29) is 16.1 Å². The Bertz CT molecular complexity index is 917. The van der Waals surface area contributed by atoms with Gasteiger partial charge in [-0.1, -0.05) is 23.7 Å². The highest BCUT2D eigenvalue weighted by Crippen LogP contribution is 2.31. The molecular formula is C16H11ClF3N3O. The van der Waals surface area contributed by atoms with Crippen LogP contribution in [0.25, 0.3) is 11.0 Å². The van der Waals surface area contributed by atoms with Crippen molar-refractivity contribution in [2.75, 3.05) is 0 Å². The second kappa shape index (κ2) is 5.90. The van der Waals surface area contributed by atoms with Crippen LogP contribution in [0, 0.1) is 0 Å². The number of carbonyl (C=O) groups excluding carboxylic acids is 1. The number of hydrogen-bond acceptors (Lipinski definition) is 3. The van der Waals surface area contributed by atoms with Crippen molar-refractivity contribution >= 4 is 28.4 Å². The van der Waals surface area contributed by atoms with E-state index in [0.717, 1.165) is 24.3 Å². The summed E-state index contributed by atoms with van der Waals surface area (Å²) in [6.07, 6.45) is -1.62. The maximum atomic E-state index is 12.6. The first kappa shape index (κ1) is 16.4. The van der Waals surface area contributed by atoms with Crippen LogP contribution in [0.5, 0.6) is 0 Å². The third kappa shape index (κ3) is 2.75. The lowest BCUT2D eigenvalue weighted by molar-refractivity contribution is -0.137. The first-order valence-electron chi connectivity index (χ1n) is 7.05. The number of aryl methyl sites for hydroxylation is 1. The molecule has 0 aliphatic carbocycles. The van der Waals surface area contributed by atoms with Gasteiger partial charge in [0.2, 0.25) is 0 Å². The summed E-state index contributed by atoms with van der Waals surface area (Å²) >= 11 is 6.27. The molecule has 0 N–H and O–H groups in total. The Morgan fingerprint density at radius 1 is 1.21 bits per heavy atom. The molecule has 0 aliphatic heterocycles. The Kier molecular flexibility index (Phi) is 4.04. The molecule has 0 radical (unpaired) electrons. The molecule has 0 fully saturated rings. The predicted molar refractivity (Wildman–Crippen MR) is 83.1 cm³/mol. The van der Waals surface area contributed by atoms with Gasteiger partial charge in [-0.2, -0.15) is 18.3 Å². The minimum absolute atomic E-state index is 0.105. The van der Waals surface area contributed by atoms with Crippen LogP contribution in [0.3, 0.4) is 0 Å². The third-order valence-corrected chi connectivity index (χ3v) is 4.03. The van der Waals surface area contributed by atoms with E-state index in [1.54, 1.807) is 4.68 Å². The summed E-state index contributed by atoms with van der Waals surface area (Å²) in [7, 11) is 0. The van der Waals surface area contributed by atoms with Gasteiger partial charge in [0.05, 0.1) is 27.7 Å². The highest BCUT2D eigenvalue weighted by atomic mass is 35.5. The molecule has 0 atom stereocenters. The average Bonchev–Trinajstić information content (AvgIpc) is 2.98. The van der Waals surface area contributed by atoms with Crippen molar-refractivity contribution in [2.24, 2.45) is 0 Å². The van der Waals surface area contributed by atoms with Crippen LogP contribution in [0.1, 0.15) is 28.4 Å². The highest BCUT2D eigenvalue weighted by Gasteiger charge is 2.30. The van der Waals surface area contributed by atoms with E-state index in [1.165, 1.54) is 12.4 Å². The fourth-order valence-corrected chi connectivity index (χ4v) is 2.62. The van der Waals surface area contributed by atoms with Crippen molar-refractivity contribution in [3.05, 3.63) is 58.4 Å². The number of ketones is 1. The number of nitrogens with zero attached hydrogens (tertiary/aromatic N) is 3. The number of halogens is 4. The van der Waals surface area contributed by atoms with Gasteiger partial charge in [-0.25, -0.2) is 9.67 Å². The Balaban J connectivity index is 2.01. The van der Waals surface area contributed by atoms with Crippen molar-refractivity contribution in [2.45, 2.75) is 19.6 Å². The van der Waals surface area contributed by atoms with Crippen LogP contribution in [0.15, 0.2) is 36.7 Å². The average molecular weight is 354 g/mol. The quantitative estimate of drug-likeness (QED) is 0.657. The second-order valence-electron chi connectivity index (χ2n) is 5.09. The van der Waals surface area contributed by atoms with E-state index < -0.39 is 17.5 Å². The Labute approximate surface area is 139 Å². The van der Waals surface area contributed by atoms with E-state index in [2.05, 4.69) is 10.1 Å². The number of fused-ring (bicyclic) bond motifs is 1. The lowest BCUT2D eigenvalue weighted by atomic mass is 10.0. The summed E-state index contributed by atoms with van der Waals surface area (Å²) in [6.45, 7) is 2.49. The second-order valence-corrected chi connectivity index (χ2v) is 5.47. The molecule has 1 aromatic carbocycles. The molecule has 3 rings (SSSR count). The zero-order valence-corrected chi connectivity index (χ0v) is 13.2. The number of alkyl halides is 3. The maximum Gasteiger partial charge on any atom is 0.416 e. The van der Waals surface area contributed by atoms with Gasteiger partial charge in [0.1, 0.15) is 0 Å². The summed E-state index contributed by atoms with van der Waals surface area (Å²) in [5.41, 5.74) is -0.0390. The number of aromatic nitrogens is 3. The highest BCUT2D eigenvalue weighted by molar-refractivity contribution is 6.39. The molecular weight excluding hydrogens is 343 g/mol. The predicted octanol–water partition coefficient (Wildman–Crippen LogP) is 4.35. The third-order valence-electron chi connectivity index (χ3n) is 3.62. The SMILES string of the molecule is CCn1ncc2c(Cl)c(C(=O)c3ccc(C(F)(F)F)cc3)cnc21. The molecule has 0 saturated carbocycles. The fourth-order valence-electron chi connectivity index (χ4n) is 2.35. The molecule has 4 nitrogen and oxygen atoms in total. The molecule has 0 saturated heterocycles. The molecule has 8 heteroatoms. The molecule has 0 spiro atoms. The number of rotatable bonds is 3. The zero-order chi connectivity index (χ0) is 17.5. The molecule has 0 bridgehead atoms. The standard InChI is InChI=1S/C16H11ClF3N3O/c1-2-23-15-12(8-22-23)13(17)11(7-21-15)14(24)9-3-5-10(6-4-9)16(18,19)20/h3-8H,2H2,1H3. The van der Waals surface area contributed by atoms with E-state index in [1.807, 2.05) is 6.92 Å². The topological polar surface area (TPSA) is 47.8 Å². The molecule has 3 aromatic rings. The van der Waals surface area contributed by atoms with E-state index in [9.17, 15) is 18.0 Å². The number of carbonyl (C=O) groups is 1. The normalized spacial score (nSPS) is 11.9. The molecule has 124 valence electrons. The first-order chi connectivity index (χ1) is 11.3. The van der Waals surface area contributed by atoms with Gasteiger partial charge in [-0.15, -0.1) is 0 Å². The molecule has 2 aromatic heterocycles. The summed E-state index contributed by atoms with van der Waals surface area (Å²) in [6, 6.07) is 3.98. The van der Waals surface area contributed by atoms with Crippen LogP contribution in [-0.2, 0) is 12.7 Å². The van der Waals surface area contributed by atoms with Gasteiger partial charge in [0.25, 0.3) is 0 Å². The van der Waals surface area contributed by atoms with Crippen molar-refractivity contribution < 1.29 is 18.0 Å². The van der Waals surface area contributed by atoms with Gasteiger partial charge < -0.3 is 0 Å². The largest absolute Gasteiger partial charge is 0.416 e. The lowest BCUT2D eigenvalue weighted by Gasteiger charge is -2.08. The van der Waals surface area contributed by atoms with E-state index >= 15 is 0 Å². The number of hydrogen-bond donors (Lipinski definition) is 0. The Morgan fingerprint density at radius 3 is 2.46 bits per heavy atom. The summed E-state index contributed by atoms with van der Waals surface area (Å²) in [4.78, 5) is 16.7. The molecule has 0 amide bonds. The first-order valence-corrected chi connectivity index (χ1v) is 7.42. The molecule has 2 heterocycles. The summed E-state index contributed by atoms with van der Waals surface area (Å²) in [5, 5.41) is 4.83. The van der Waals surface area contributed by atoms with Crippen molar-refractivity contribution in [3.8, 4) is 0 Å². The van der Waals surface area contributed by atoms with E-state index in [4.69, 9.17) is 11.6 Å². The smallest absolute Gasteiger partial charge is 0.288 e. The molecule has 0 unspecified atom stereocenters. The Morgan fingerprint density at radius 2 is 1.88 bits per heavy atom. The molecule has 0 aliphatic rings. The maximum absolute atomic E-state index is 12.6.